The number of carbonyl (C=O) groups is 3. The fraction of sp³-hybridized carbons (Fsp3) is 0.452. The number of ether oxygens (including phenoxy) is 1. The first-order valence-electron chi connectivity index (χ1n) is 14.2. The van der Waals surface area contributed by atoms with Crippen LogP contribution in [-0.2, 0) is 27.3 Å². The summed E-state index contributed by atoms with van der Waals surface area (Å²) in [5.41, 5.74) is 3.23. The van der Waals surface area contributed by atoms with Gasteiger partial charge in [-0.15, -0.1) is 0 Å². The van der Waals surface area contributed by atoms with E-state index in [-0.39, 0.29) is 29.7 Å². The minimum absolute atomic E-state index is 0.0187. The molecule has 1 heterocycles. The second kappa shape index (κ2) is 9.82. The predicted octanol–water partition coefficient (Wildman–Crippen LogP) is 1.72. The number of phenols is 1. The van der Waals surface area contributed by atoms with Crippen molar-refractivity contribution in [2.24, 2.45) is 17.6 Å². The molecular formula is C31H35N3O8. The van der Waals surface area contributed by atoms with Crippen LogP contribution in [0.4, 0.5) is 0 Å². The number of likely N-dealkylation sites (N-methyl/N-ethyl adjacent to an activating group) is 1. The lowest BCUT2D eigenvalue weighted by molar-refractivity contribution is -0.153. The highest BCUT2D eigenvalue weighted by atomic mass is 16.5. The first-order chi connectivity index (χ1) is 19.9. The van der Waals surface area contributed by atoms with Gasteiger partial charge in [0.25, 0.3) is 5.91 Å². The van der Waals surface area contributed by atoms with Gasteiger partial charge >= 0.3 is 0 Å². The summed E-state index contributed by atoms with van der Waals surface area (Å²) >= 11 is 0. The molecule has 0 unspecified atom stereocenters. The van der Waals surface area contributed by atoms with Crippen LogP contribution in [0, 0.1) is 11.8 Å². The SMILES string of the molecule is CCOc1c2c(c(O)c3cc(CN4CCC4)ccc13)C(O)=C1C(=O)[C@]3(O)C(O)=C(C(N)=O)C(=O)[C@@H](N(C)C)[C@@H]3C[C@@H]1C2. The van der Waals surface area contributed by atoms with Gasteiger partial charge in [-0.3, -0.25) is 24.2 Å². The van der Waals surface area contributed by atoms with Gasteiger partial charge in [0, 0.05) is 34.4 Å². The van der Waals surface area contributed by atoms with Crippen molar-refractivity contribution in [3.05, 3.63) is 51.8 Å². The molecule has 2 fully saturated rings. The quantitative estimate of drug-likeness (QED) is 0.318. The first kappa shape index (κ1) is 28.2. The summed E-state index contributed by atoms with van der Waals surface area (Å²) in [6.07, 6.45) is 1.33. The van der Waals surface area contributed by atoms with Gasteiger partial charge in [-0.25, -0.2) is 0 Å². The van der Waals surface area contributed by atoms with E-state index in [2.05, 4.69) is 4.90 Å². The number of hydrogen-bond donors (Lipinski definition) is 5. The number of aromatic hydroxyl groups is 1. The molecule has 0 bridgehead atoms. The number of nitrogens with zero attached hydrogens (tertiary/aromatic N) is 2. The number of likely N-dealkylation sites (tertiary alicyclic amines) is 1. The second-order valence-electron chi connectivity index (χ2n) is 11.9. The number of amides is 1. The maximum Gasteiger partial charge on any atom is 0.255 e. The van der Waals surface area contributed by atoms with Crippen molar-refractivity contribution in [3.63, 3.8) is 0 Å². The zero-order chi connectivity index (χ0) is 30.2. The average Bonchev–Trinajstić information content (AvgIpc) is 2.90. The van der Waals surface area contributed by atoms with E-state index in [1.54, 1.807) is 14.1 Å². The van der Waals surface area contributed by atoms with Crippen LogP contribution >= 0.6 is 0 Å². The Labute approximate surface area is 242 Å². The van der Waals surface area contributed by atoms with Crippen LogP contribution in [0.25, 0.3) is 16.5 Å². The standard InChI is InChI=1S/C31H35N3O8/c1-4-42-27-16-7-6-14(13-34-8-5-9-34)10-17(16)24(35)21-18(27)11-15-12-19-23(33(2)3)26(37)22(30(32)40)29(39)31(19,41)28(38)20(15)25(21)36/h6-7,10,15,19,23,35-36,39,41H,4-5,8-9,11-13H2,1-3H3,(H2,32,40)/t15-,19-,23-,31-/m0/s1. The fourth-order valence-corrected chi connectivity index (χ4v) is 7.33. The van der Waals surface area contributed by atoms with E-state index in [0.29, 0.717) is 35.2 Å². The number of ketones is 2. The third-order valence-corrected chi connectivity index (χ3v) is 9.35. The Hall–Kier alpha value is -3.93. The van der Waals surface area contributed by atoms with E-state index in [0.717, 1.165) is 25.1 Å². The molecule has 0 radical (unpaired) electrons. The Morgan fingerprint density at radius 2 is 1.88 bits per heavy atom. The summed E-state index contributed by atoms with van der Waals surface area (Å²) < 4.78 is 6.09. The Balaban J connectivity index is 1.56. The molecule has 6 rings (SSSR count). The molecule has 1 saturated heterocycles. The number of fused-ring (bicyclic) bond motifs is 4. The molecule has 0 spiro atoms. The van der Waals surface area contributed by atoms with E-state index in [1.807, 2.05) is 25.1 Å². The number of aliphatic hydroxyl groups is 3. The van der Waals surface area contributed by atoms with Gasteiger partial charge in [0.1, 0.15) is 28.6 Å². The molecule has 3 aliphatic carbocycles. The number of nitrogens with two attached hydrogens (primary N) is 1. The molecule has 11 nitrogen and oxygen atoms in total. The summed E-state index contributed by atoms with van der Waals surface area (Å²) in [5, 5.41) is 47.2. The lowest BCUT2D eigenvalue weighted by atomic mass is 9.57. The summed E-state index contributed by atoms with van der Waals surface area (Å²) in [6.45, 7) is 4.85. The molecule has 0 aromatic heterocycles. The largest absolute Gasteiger partial charge is 0.508 e. The highest BCUT2D eigenvalue weighted by Gasteiger charge is 2.64. The van der Waals surface area contributed by atoms with Crippen molar-refractivity contribution < 1.29 is 39.5 Å². The van der Waals surface area contributed by atoms with Gasteiger partial charge < -0.3 is 30.9 Å². The van der Waals surface area contributed by atoms with Crippen LogP contribution in [0.3, 0.4) is 0 Å². The van der Waals surface area contributed by atoms with Crippen LogP contribution in [-0.4, -0.2) is 93.1 Å². The molecule has 1 amide bonds. The Morgan fingerprint density at radius 1 is 1.17 bits per heavy atom. The second-order valence-corrected chi connectivity index (χ2v) is 11.9. The lowest BCUT2D eigenvalue weighted by Gasteiger charge is -2.50. The van der Waals surface area contributed by atoms with E-state index in [1.165, 1.54) is 4.90 Å². The minimum Gasteiger partial charge on any atom is -0.508 e. The average molecular weight is 578 g/mol. The van der Waals surface area contributed by atoms with Gasteiger partial charge in [-0.1, -0.05) is 12.1 Å². The molecule has 2 aromatic rings. The maximum absolute atomic E-state index is 14.1. The maximum atomic E-state index is 14.1. The molecule has 2 aromatic carbocycles. The minimum atomic E-state index is -2.68. The summed E-state index contributed by atoms with van der Waals surface area (Å²) in [6, 6.07) is 4.60. The highest BCUT2D eigenvalue weighted by molar-refractivity contribution is 6.24. The third-order valence-electron chi connectivity index (χ3n) is 9.35. The highest BCUT2D eigenvalue weighted by Crippen LogP contribution is 2.55. The molecule has 6 N–H and O–H groups in total. The number of aliphatic hydroxyl groups excluding tert-OH is 2. The van der Waals surface area contributed by atoms with Crippen LogP contribution < -0.4 is 10.5 Å². The smallest absolute Gasteiger partial charge is 0.255 e. The summed E-state index contributed by atoms with van der Waals surface area (Å²) in [7, 11) is 3.14. The molecule has 1 saturated carbocycles. The molecule has 4 atom stereocenters. The van der Waals surface area contributed by atoms with Crippen molar-refractivity contribution in [1.29, 1.82) is 0 Å². The Bertz CT molecular complexity index is 1620. The van der Waals surface area contributed by atoms with Crippen LogP contribution in [0.2, 0.25) is 0 Å². The van der Waals surface area contributed by atoms with Crippen LogP contribution in [0.15, 0.2) is 35.1 Å². The van der Waals surface area contributed by atoms with Gasteiger partial charge in [0.05, 0.1) is 18.2 Å². The number of Topliss-reactive ketones (excluding diaryl/α,β-unsaturated/α-hetero) is 2. The molecule has 4 aliphatic rings. The molecule has 1 aliphatic heterocycles. The van der Waals surface area contributed by atoms with E-state index in [9.17, 15) is 34.8 Å². The number of hydrogen-bond acceptors (Lipinski definition) is 10. The number of primary amides is 1. The number of benzene rings is 2. The van der Waals surface area contributed by atoms with Gasteiger partial charge in [-0.2, -0.15) is 0 Å². The zero-order valence-corrected chi connectivity index (χ0v) is 23.8. The van der Waals surface area contributed by atoms with Gasteiger partial charge in [-0.05, 0) is 70.9 Å². The van der Waals surface area contributed by atoms with Gasteiger partial charge in [0.2, 0.25) is 5.78 Å². The normalized spacial score (nSPS) is 27.6. The van der Waals surface area contributed by atoms with Crippen molar-refractivity contribution in [1.82, 2.24) is 9.80 Å². The molecular weight excluding hydrogens is 542 g/mol. The van der Waals surface area contributed by atoms with E-state index in [4.69, 9.17) is 10.5 Å². The monoisotopic (exact) mass is 577 g/mol. The van der Waals surface area contributed by atoms with E-state index < -0.39 is 58.0 Å². The molecule has 11 heteroatoms. The van der Waals surface area contributed by atoms with Crippen molar-refractivity contribution in [2.45, 2.75) is 44.4 Å². The predicted molar refractivity (Wildman–Crippen MR) is 153 cm³/mol. The Morgan fingerprint density at radius 3 is 2.48 bits per heavy atom. The Kier molecular flexibility index (Phi) is 6.60. The van der Waals surface area contributed by atoms with Crippen LogP contribution in [0.5, 0.6) is 11.5 Å². The van der Waals surface area contributed by atoms with Crippen molar-refractivity contribution >= 4 is 34.0 Å². The summed E-state index contributed by atoms with van der Waals surface area (Å²) in [4.78, 5) is 43.4. The number of rotatable bonds is 6. The molecule has 222 valence electrons. The summed E-state index contributed by atoms with van der Waals surface area (Å²) in [5.74, 6) is -6.26. The van der Waals surface area contributed by atoms with Crippen molar-refractivity contribution in [3.8, 4) is 11.5 Å². The number of phenolic OH excluding ortho intramolecular Hbond substituents is 1. The molecule has 42 heavy (non-hydrogen) atoms. The zero-order valence-electron chi connectivity index (χ0n) is 23.8. The first-order valence-corrected chi connectivity index (χ1v) is 14.2. The topological polar surface area (TPSA) is 174 Å². The lowest BCUT2D eigenvalue weighted by Crippen LogP contribution is -2.65. The third kappa shape index (κ3) is 3.80. The van der Waals surface area contributed by atoms with E-state index >= 15 is 0 Å². The fourth-order valence-electron chi connectivity index (χ4n) is 7.33. The van der Waals surface area contributed by atoms with Crippen LogP contribution in [0.1, 0.15) is 36.5 Å². The van der Waals surface area contributed by atoms with Crippen molar-refractivity contribution in [2.75, 3.05) is 33.8 Å². The van der Waals surface area contributed by atoms with Gasteiger partial charge in [0.15, 0.2) is 11.4 Å². The number of carbonyl (C=O) groups excluding carboxylic acids is 3.